The maximum atomic E-state index is 5.63. The Bertz CT molecular complexity index is 1260. The van der Waals surface area contributed by atoms with Crippen molar-refractivity contribution in [2.75, 3.05) is 29.9 Å². The smallest absolute Gasteiger partial charge is 0.143 e. The molecule has 0 unspecified atom stereocenters. The number of aryl methyl sites for hydroxylation is 3. The molecule has 6 heteroatoms. The number of ether oxygens (including phenoxy) is 1. The Kier molecular flexibility index (Phi) is 6.84. The number of nitrogens with zero attached hydrogens (tertiary/aromatic N) is 3. The van der Waals surface area contributed by atoms with Crippen LogP contribution in [0.5, 0.6) is 5.75 Å². The minimum atomic E-state index is 0.660. The van der Waals surface area contributed by atoms with Crippen molar-refractivity contribution in [2.45, 2.75) is 41.5 Å². The normalized spacial score (nSPS) is 11.1. The summed E-state index contributed by atoms with van der Waals surface area (Å²) in [5.74, 6) is 2.50. The number of aromatic nitrogens is 2. The van der Waals surface area contributed by atoms with Gasteiger partial charge in [0.15, 0.2) is 0 Å². The molecule has 1 N–H and O–H groups in total. The number of anilines is 3. The summed E-state index contributed by atoms with van der Waals surface area (Å²) >= 11 is 1.71. The minimum absolute atomic E-state index is 0.660. The molecule has 0 aliphatic heterocycles. The Morgan fingerprint density at radius 3 is 2.30 bits per heavy atom. The molecule has 0 saturated heterocycles. The van der Waals surface area contributed by atoms with Gasteiger partial charge in [-0.25, -0.2) is 9.97 Å². The Morgan fingerprint density at radius 2 is 1.67 bits per heavy atom. The number of rotatable bonds is 8. The minimum Gasteiger partial charge on any atom is -0.494 e. The predicted octanol–water partition coefficient (Wildman–Crippen LogP) is 7.27. The number of thiophene rings is 1. The Labute approximate surface area is 200 Å². The number of hydrogen-bond acceptors (Lipinski definition) is 6. The molecule has 0 bridgehead atoms. The molecule has 4 aromatic rings. The zero-order valence-corrected chi connectivity index (χ0v) is 21.1. The second kappa shape index (κ2) is 9.79. The van der Waals surface area contributed by atoms with E-state index >= 15 is 0 Å². The third kappa shape index (κ3) is 4.67. The van der Waals surface area contributed by atoms with Gasteiger partial charge >= 0.3 is 0 Å². The number of fused-ring (bicyclic) bond motifs is 1. The van der Waals surface area contributed by atoms with Crippen LogP contribution < -0.4 is 15.0 Å². The first kappa shape index (κ1) is 23.1. The van der Waals surface area contributed by atoms with Crippen LogP contribution in [0.2, 0.25) is 0 Å². The monoisotopic (exact) mass is 460 g/mol. The van der Waals surface area contributed by atoms with Crippen molar-refractivity contribution in [2.24, 2.45) is 0 Å². The Balaban J connectivity index is 1.78. The SMILES string of the molecule is CCOc1ccc(-c2c(C)sc3nc(C)nc(Nc4ccc(N(CC)CC)cc4C)c23)cc1. The van der Waals surface area contributed by atoms with E-state index in [1.807, 2.05) is 26.0 Å². The highest BCUT2D eigenvalue weighted by atomic mass is 32.1. The van der Waals surface area contributed by atoms with E-state index in [-0.39, 0.29) is 0 Å². The van der Waals surface area contributed by atoms with E-state index in [0.29, 0.717) is 6.61 Å². The third-order valence-corrected chi connectivity index (χ3v) is 6.88. The molecule has 5 nitrogen and oxygen atoms in total. The molecule has 0 saturated carbocycles. The van der Waals surface area contributed by atoms with Crippen molar-refractivity contribution in [3.8, 4) is 16.9 Å². The van der Waals surface area contributed by atoms with Gasteiger partial charge in [0.25, 0.3) is 0 Å². The highest BCUT2D eigenvalue weighted by Crippen LogP contribution is 2.42. The molecule has 2 heterocycles. The number of hydrogen-bond donors (Lipinski definition) is 1. The molecule has 172 valence electrons. The fourth-order valence-corrected chi connectivity index (χ4v) is 5.33. The largest absolute Gasteiger partial charge is 0.494 e. The van der Waals surface area contributed by atoms with Gasteiger partial charge in [0, 0.05) is 34.9 Å². The van der Waals surface area contributed by atoms with E-state index in [4.69, 9.17) is 14.7 Å². The molecule has 0 fully saturated rings. The van der Waals surface area contributed by atoms with Crippen LogP contribution >= 0.6 is 11.3 Å². The Morgan fingerprint density at radius 1 is 0.939 bits per heavy atom. The first-order valence-corrected chi connectivity index (χ1v) is 12.4. The fraction of sp³-hybridized carbons (Fsp3) is 0.333. The number of nitrogens with one attached hydrogen (secondary N) is 1. The molecule has 2 aromatic carbocycles. The summed E-state index contributed by atoms with van der Waals surface area (Å²) in [6.07, 6.45) is 0. The molecular weight excluding hydrogens is 428 g/mol. The standard InChI is InChI=1S/C27H32N4OS/c1-7-31(8-2)21-12-15-23(17(4)16-21)30-26-25-24(18(5)33-27(25)29-19(6)28-26)20-10-13-22(14-11-20)32-9-3/h10-16H,7-9H2,1-6H3,(H,28,29,30). The quantitative estimate of drug-likeness (QED) is 0.300. The van der Waals surface area contributed by atoms with Crippen molar-refractivity contribution in [1.29, 1.82) is 0 Å². The highest BCUT2D eigenvalue weighted by Gasteiger charge is 2.19. The van der Waals surface area contributed by atoms with Crippen LogP contribution in [0.3, 0.4) is 0 Å². The lowest BCUT2D eigenvalue weighted by Crippen LogP contribution is -2.21. The van der Waals surface area contributed by atoms with Crippen LogP contribution in [-0.4, -0.2) is 29.7 Å². The topological polar surface area (TPSA) is 50.3 Å². The lowest BCUT2D eigenvalue weighted by atomic mass is 10.0. The molecule has 0 amide bonds. The maximum Gasteiger partial charge on any atom is 0.143 e. The molecule has 0 aliphatic carbocycles. The van der Waals surface area contributed by atoms with Gasteiger partial charge in [-0.3, -0.25) is 0 Å². The zero-order valence-electron chi connectivity index (χ0n) is 20.3. The molecule has 0 atom stereocenters. The lowest BCUT2D eigenvalue weighted by Gasteiger charge is -2.22. The first-order chi connectivity index (χ1) is 15.9. The summed E-state index contributed by atoms with van der Waals surface area (Å²) in [6.45, 7) is 15.3. The van der Waals surface area contributed by atoms with Crippen molar-refractivity contribution >= 4 is 38.7 Å². The fourth-order valence-electron chi connectivity index (χ4n) is 4.24. The molecule has 0 radical (unpaired) electrons. The van der Waals surface area contributed by atoms with Gasteiger partial charge in [-0.1, -0.05) is 12.1 Å². The number of benzene rings is 2. The van der Waals surface area contributed by atoms with Gasteiger partial charge in [-0.05, 0) is 83.0 Å². The second-order valence-corrected chi connectivity index (χ2v) is 9.29. The van der Waals surface area contributed by atoms with Crippen LogP contribution in [-0.2, 0) is 0 Å². The predicted molar refractivity (Wildman–Crippen MR) is 142 cm³/mol. The molecule has 0 aliphatic rings. The summed E-state index contributed by atoms with van der Waals surface area (Å²) in [5, 5.41) is 4.69. The second-order valence-electron chi connectivity index (χ2n) is 8.09. The summed E-state index contributed by atoms with van der Waals surface area (Å²) < 4.78 is 5.63. The summed E-state index contributed by atoms with van der Waals surface area (Å²) in [6, 6.07) is 14.9. The van der Waals surface area contributed by atoms with Crippen LogP contribution in [0, 0.1) is 20.8 Å². The van der Waals surface area contributed by atoms with Gasteiger partial charge in [-0.2, -0.15) is 0 Å². The van der Waals surface area contributed by atoms with Crippen LogP contribution in [0.25, 0.3) is 21.3 Å². The maximum absolute atomic E-state index is 5.63. The van der Waals surface area contributed by atoms with Crippen LogP contribution in [0.4, 0.5) is 17.2 Å². The van der Waals surface area contributed by atoms with Crippen molar-refractivity contribution in [3.05, 3.63) is 58.7 Å². The van der Waals surface area contributed by atoms with Crippen LogP contribution in [0.1, 0.15) is 37.0 Å². The molecule has 2 aromatic heterocycles. The molecule has 0 spiro atoms. The summed E-state index contributed by atoms with van der Waals surface area (Å²) in [7, 11) is 0. The average molecular weight is 461 g/mol. The van der Waals surface area contributed by atoms with Gasteiger partial charge < -0.3 is 15.0 Å². The van der Waals surface area contributed by atoms with Gasteiger partial charge in [0.2, 0.25) is 0 Å². The van der Waals surface area contributed by atoms with Crippen LogP contribution in [0.15, 0.2) is 42.5 Å². The van der Waals surface area contributed by atoms with Crippen molar-refractivity contribution < 1.29 is 4.74 Å². The van der Waals surface area contributed by atoms with Gasteiger partial charge in [-0.15, -0.1) is 11.3 Å². The molecule has 4 rings (SSSR count). The summed E-state index contributed by atoms with van der Waals surface area (Å²) in [4.78, 5) is 14.2. The average Bonchev–Trinajstić information content (AvgIpc) is 3.12. The van der Waals surface area contributed by atoms with E-state index in [9.17, 15) is 0 Å². The van der Waals surface area contributed by atoms with E-state index in [1.54, 1.807) is 11.3 Å². The van der Waals surface area contributed by atoms with E-state index < -0.39 is 0 Å². The molecular formula is C27H32N4OS. The highest BCUT2D eigenvalue weighted by molar-refractivity contribution is 7.19. The van der Waals surface area contributed by atoms with Crippen molar-refractivity contribution in [1.82, 2.24) is 9.97 Å². The Hall–Kier alpha value is -3.12. The van der Waals surface area contributed by atoms with E-state index in [2.05, 4.69) is 68.2 Å². The van der Waals surface area contributed by atoms with Gasteiger partial charge in [0.1, 0.15) is 22.2 Å². The van der Waals surface area contributed by atoms with E-state index in [1.165, 1.54) is 21.7 Å². The van der Waals surface area contributed by atoms with E-state index in [0.717, 1.165) is 51.9 Å². The lowest BCUT2D eigenvalue weighted by molar-refractivity contribution is 0.340. The zero-order chi connectivity index (χ0) is 23.5. The third-order valence-electron chi connectivity index (χ3n) is 5.89. The van der Waals surface area contributed by atoms with Crippen molar-refractivity contribution in [3.63, 3.8) is 0 Å². The first-order valence-electron chi connectivity index (χ1n) is 11.6. The van der Waals surface area contributed by atoms with Gasteiger partial charge in [0.05, 0.1) is 12.0 Å². The molecule has 33 heavy (non-hydrogen) atoms. The summed E-state index contributed by atoms with van der Waals surface area (Å²) in [5.41, 5.74) is 5.82.